The third kappa shape index (κ3) is 2.68. The van der Waals surface area contributed by atoms with E-state index >= 15 is 0 Å². The quantitative estimate of drug-likeness (QED) is 0.777. The highest BCUT2D eigenvalue weighted by Crippen LogP contribution is 2.31. The largest absolute Gasteiger partial charge is 0.330 e. The molecule has 2 heteroatoms. The summed E-state index contributed by atoms with van der Waals surface area (Å²) in [5, 5.41) is 1.34. The van der Waals surface area contributed by atoms with E-state index < -0.39 is 0 Å². The van der Waals surface area contributed by atoms with Crippen molar-refractivity contribution in [2.24, 2.45) is 0 Å². The first-order chi connectivity index (χ1) is 8.99. The van der Waals surface area contributed by atoms with E-state index in [1.165, 1.54) is 23.1 Å². The molecule has 2 aromatic rings. The summed E-state index contributed by atoms with van der Waals surface area (Å²) in [6.07, 6.45) is 5.44. The van der Waals surface area contributed by atoms with E-state index in [-0.39, 0.29) is 5.41 Å². The van der Waals surface area contributed by atoms with Crippen LogP contribution in [0.1, 0.15) is 58.7 Å². The molecule has 0 spiro atoms. The first-order valence-corrected chi connectivity index (χ1v) is 7.46. The molecule has 0 N–H and O–H groups in total. The molecule has 104 valence electrons. The Hall–Kier alpha value is -1.31. The summed E-state index contributed by atoms with van der Waals surface area (Å²) >= 11 is 0. The number of aryl methyl sites for hydroxylation is 2. The number of fused-ring (bicyclic) bond motifs is 1. The highest BCUT2D eigenvalue weighted by Gasteiger charge is 2.20. The average Bonchev–Trinajstić information content (AvgIpc) is 2.67. The van der Waals surface area contributed by atoms with Crippen LogP contribution >= 0.6 is 0 Å². The molecule has 19 heavy (non-hydrogen) atoms. The van der Waals surface area contributed by atoms with E-state index in [1.807, 2.05) is 6.20 Å². The van der Waals surface area contributed by atoms with Crippen LogP contribution in [0.2, 0.25) is 0 Å². The molecule has 0 saturated carbocycles. The van der Waals surface area contributed by atoms with Crippen molar-refractivity contribution < 1.29 is 0 Å². The third-order valence-corrected chi connectivity index (χ3v) is 3.64. The van der Waals surface area contributed by atoms with E-state index in [4.69, 9.17) is 0 Å². The van der Waals surface area contributed by atoms with Gasteiger partial charge < -0.3 is 4.57 Å². The van der Waals surface area contributed by atoms with Gasteiger partial charge in [0.1, 0.15) is 5.65 Å². The van der Waals surface area contributed by atoms with Crippen LogP contribution in [0.25, 0.3) is 11.0 Å². The van der Waals surface area contributed by atoms with Gasteiger partial charge in [0.05, 0.1) is 0 Å². The highest BCUT2D eigenvalue weighted by molar-refractivity contribution is 5.82. The van der Waals surface area contributed by atoms with Gasteiger partial charge in [-0.25, -0.2) is 4.98 Å². The van der Waals surface area contributed by atoms with Crippen LogP contribution in [0.5, 0.6) is 0 Å². The van der Waals surface area contributed by atoms with Gasteiger partial charge in [0.25, 0.3) is 0 Å². The predicted octanol–water partition coefficient (Wildman–Crippen LogP) is 4.70. The van der Waals surface area contributed by atoms with Gasteiger partial charge in [-0.3, -0.25) is 0 Å². The van der Waals surface area contributed by atoms with Gasteiger partial charge in [-0.15, -0.1) is 0 Å². The van der Waals surface area contributed by atoms with E-state index in [1.54, 1.807) is 0 Å². The Bertz CT molecular complexity index is 558. The van der Waals surface area contributed by atoms with Crippen LogP contribution in [0, 0.1) is 0 Å². The van der Waals surface area contributed by atoms with Gasteiger partial charge in [-0.05, 0) is 36.0 Å². The second-order valence-electron chi connectivity index (χ2n) is 6.38. The van der Waals surface area contributed by atoms with Crippen molar-refractivity contribution in [1.82, 2.24) is 9.55 Å². The molecule has 2 nitrogen and oxygen atoms in total. The Morgan fingerprint density at radius 1 is 1.16 bits per heavy atom. The van der Waals surface area contributed by atoms with Gasteiger partial charge in [-0.1, -0.05) is 41.0 Å². The summed E-state index contributed by atoms with van der Waals surface area (Å²) in [5.41, 5.74) is 4.18. The van der Waals surface area contributed by atoms with Crippen LogP contribution < -0.4 is 0 Å². The van der Waals surface area contributed by atoms with Crippen LogP contribution in [-0.4, -0.2) is 9.55 Å². The number of pyridine rings is 1. The first kappa shape index (κ1) is 14.1. The fourth-order valence-corrected chi connectivity index (χ4v) is 2.79. The summed E-state index contributed by atoms with van der Waals surface area (Å²) in [5.74, 6) is 0. The lowest BCUT2D eigenvalue weighted by molar-refractivity contribution is 0.595. The lowest BCUT2D eigenvalue weighted by atomic mass is 9.86. The SMILES string of the molecule is CCCc1cc2c(C(C)(C)C)ccnc2n1CCC. The Labute approximate surface area is 116 Å². The van der Waals surface area contributed by atoms with Gasteiger partial charge in [-0.2, -0.15) is 0 Å². The summed E-state index contributed by atoms with van der Waals surface area (Å²) in [6, 6.07) is 4.54. The van der Waals surface area contributed by atoms with E-state index in [2.05, 4.69) is 56.3 Å². The number of nitrogens with zero attached hydrogens (tertiary/aromatic N) is 2. The Morgan fingerprint density at radius 3 is 2.47 bits per heavy atom. The lowest BCUT2D eigenvalue weighted by Crippen LogP contribution is -2.11. The van der Waals surface area contributed by atoms with Crippen molar-refractivity contribution in [3.8, 4) is 0 Å². The van der Waals surface area contributed by atoms with Crippen LogP contribution in [0.15, 0.2) is 18.3 Å². The smallest absolute Gasteiger partial charge is 0.140 e. The highest BCUT2D eigenvalue weighted by atomic mass is 15.0. The molecule has 0 aliphatic heterocycles. The molecule has 2 rings (SSSR count). The molecule has 0 aromatic carbocycles. The fourth-order valence-electron chi connectivity index (χ4n) is 2.79. The standard InChI is InChI=1S/C17H26N2/c1-6-8-13-12-14-15(17(3,4)5)9-10-18-16(14)19(13)11-7-2/h9-10,12H,6-8,11H2,1-5H3. The maximum atomic E-state index is 4.64. The zero-order valence-corrected chi connectivity index (χ0v) is 13.0. The fraction of sp³-hybridized carbons (Fsp3) is 0.588. The minimum absolute atomic E-state index is 0.170. The van der Waals surface area contributed by atoms with Gasteiger partial charge in [0, 0.05) is 23.8 Å². The average molecular weight is 258 g/mol. The third-order valence-electron chi connectivity index (χ3n) is 3.64. The number of hydrogen-bond donors (Lipinski definition) is 0. The van der Waals surface area contributed by atoms with E-state index in [0.29, 0.717) is 0 Å². The van der Waals surface area contributed by atoms with Gasteiger partial charge in [0.15, 0.2) is 0 Å². The Balaban J connectivity index is 2.67. The molecule has 0 bridgehead atoms. The molecule has 0 unspecified atom stereocenters. The van der Waals surface area contributed by atoms with Crippen molar-refractivity contribution >= 4 is 11.0 Å². The van der Waals surface area contributed by atoms with E-state index in [9.17, 15) is 0 Å². The molecule has 2 heterocycles. The zero-order valence-electron chi connectivity index (χ0n) is 13.0. The van der Waals surface area contributed by atoms with Crippen molar-refractivity contribution in [3.63, 3.8) is 0 Å². The molecule has 0 aliphatic rings. The molecule has 0 radical (unpaired) electrons. The Morgan fingerprint density at radius 2 is 1.89 bits per heavy atom. The molecule has 0 saturated heterocycles. The molecule has 0 aliphatic carbocycles. The Kier molecular flexibility index (Phi) is 3.98. The molecular weight excluding hydrogens is 232 g/mol. The molecule has 0 fully saturated rings. The monoisotopic (exact) mass is 258 g/mol. The minimum Gasteiger partial charge on any atom is -0.330 e. The second-order valence-corrected chi connectivity index (χ2v) is 6.38. The lowest BCUT2D eigenvalue weighted by Gasteiger charge is -2.19. The van der Waals surface area contributed by atoms with Crippen molar-refractivity contribution in [3.05, 3.63) is 29.6 Å². The van der Waals surface area contributed by atoms with Crippen molar-refractivity contribution in [2.45, 2.75) is 65.8 Å². The van der Waals surface area contributed by atoms with Crippen LogP contribution in [0.4, 0.5) is 0 Å². The summed E-state index contributed by atoms with van der Waals surface area (Å²) in [4.78, 5) is 4.64. The molecule has 2 aromatic heterocycles. The van der Waals surface area contributed by atoms with Crippen LogP contribution in [-0.2, 0) is 18.4 Å². The van der Waals surface area contributed by atoms with Crippen molar-refractivity contribution in [1.29, 1.82) is 0 Å². The predicted molar refractivity (Wildman–Crippen MR) is 82.7 cm³/mol. The zero-order chi connectivity index (χ0) is 14.0. The maximum Gasteiger partial charge on any atom is 0.140 e. The van der Waals surface area contributed by atoms with Gasteiger partial charge in [0.2, 0.25) is 0 Å². The van der Waals surface area contributed by atoms with Crippen molar-refractivity contribution in [2.75, 3.05) is 0 Å². The topological polar surface area (TPSA) is 17.8 Å². The van der Waals surface area contributed by atoms with Crippen LogP contribution in [0.3, 0.4) is 0 Å². The second kappa shape index (κ2) is 5.36. The summed E-state index contributed by atoms with van der Waals surface area (Å²) in [6.45, 7) is 12.4. The maximum absolute atomic E-state index is 4.64. The first-order valence-electron chi connectivity index (χ1n) is 7.46. The van der Waals surface area contributed by atoms with Gasteiger partial charge >= 0.3 is 0 Å². The molecular formula is C17H26N2. The number of rotatable bonds is 4. The number of hydrogen-bond acceptors (Lipinski definition) is 1. The number of aromatic nitrogens is 2. The normalized spacial score (nSPS) is 12.3. The molecule has 0 atom stereocenters. The minimum atomic E-state index is 0.170. The molecule has 0 amide bonds. The van der Waals surface area contributed by atoms with E-state index in [0.717, 1.165) is 25.0 Å². The summed E-state index contributed by atoms with van der Waals surface area (Å²) in [7, 11) is 0. The summed E-state index contributed by atoms with van der Waals surface area (Å²) < 4.78 is 2.41.